The third-order valence-electron chi connectivity index (χ3n) is 8.68. The zero-order chi connectivity index (χ0) is 31.1. The highest BCUT2D eigenvalue weighted by Crippen LogP contribution is 2.49. The maximum atomic E-state index is 14.9. The first kappa shape index (κ1) is 30.7. The Bertz CT molecular complexity index is 1440. The molecule has 3 fully saturated rings. The number of halogens is 5. The molecule has 6 rings (SSSR count). The molecule has 2 atom stereocenters. The molecular weight excluding hydrogens is 652 g/mol. The fraction of sp³-hybridized carbons (Fsp3) is 0.484. The van der Waals surface area contributed by atoms with Crippen molar-refractivity contribution in [2.24, 2.45) is 0 Å². The van der Waals surface area contributed by atoms with Crippen molar-refractivity contribution in [1.29, 1.82) is 0 Å². The van der Waals surface area contributed by atoms with E-state index in [1.165, 1.54) is 12.1 Å². The Kier molecular flexibility index (Phi) is 8.53. The van der Waals surface area contributed by atoms with Crippen LogP contribution in [0.1, 0.15) is 49.3 Å². The summed E-state index contributed by atoms with van der Waals surface area (Å²) in [5.41, 5.74) is 0.702. The van der Waals surface area contributed by atoms with Gasteiger partial charge in [-0.3, -0.25) is 4.79 Å². The van der Waals surface area contributed by atoms with E-state index in [2.05, 4.69) is 15.9 Å². The molecule has 1 spiro atoms. The quantitative estimate of drug-likeness (QED) is 0.274. The fourth-order valence-electron chi connectivity index (χ4n) is 6.26. The van der Waals surface area contributed by atoms with Crippen molar-refractivity contribution in [3.8, 4) is 5.75 Å². The van der Waals surface area contributed by atoms with Crippen LogP contribution in [0.5, 0.6) is 5.75 Å². The van der Waals surface area contributed by atoms with E-state index in [4.69, 9.17) is 18.9 Å². The fourth-order valence-corrected chi connectivity index (χ4v) is 6.58. The topological polar surface area (TPSA) is 77.5 Å². The Hall–Kier alpha value is -3.32. The van der Waals surface area contributed by atoms with Gasteiger partial charge in [-0.05, 0) is 52.0 Å². The number of ether oxygens (including phenoxy) is 4. The molecule has 3 saturated heterocycles. The van der Waals surface area contributed by atoms with Gasteiger partial charge in [-0.2, -0.15) is 13.2 Å². The molecule has 2 unspecified atom stereocenters. The van der Waals surface area contributed by atoms with E-state index < -0.39 is 48.3 Å². The van der Waals surface area contributed by atoms with E-state index in [0.717, 1.165) is 10.5 Å². The van der Waals surface area contributed by atoms with Gasteiger partial charge in [0.05, 0.1) is 30.3 Å². The van der Waals surface area contributed by atoms with E-state index in [-0.39, 0.29) is 73.7 Å². The number of likely N-dealkylation sites (tertiary alicyclic amines) is 1. The van der Waals surface area contributed by atoms with Crippen molar-refractivity contribution in [3.05, 3.63) is 75.2 Å². The molecule has 4 aliphatic rings. The predicted molar refractivity (Wildman–Crippen MR) is 152 cm³/mol. The summed E-state index contributed by atoms with van der Waals surface area (Å²) in [6, 6.07) is 11.0. The van der Waals surface area contributed by atoms with Crippen LogP contribution in [0.3, 0.4) is 0 Å². The highest BCUT2D eigenvalue weighted by Gasteiger charge is 2.53. The minimum absolute atomic E-state index is 0.121. The van der Waals surface area contributed by atoms with Gasteiger partial charge in [-0.1, -0.05) is 30.3 Å². The second kappa shape index (κ2) is 12.2. The summed E-state index contributed by atoms with van der Waals surface area (Å²) in [5.74, 6) is -1.32. The highest BCUT2D eigenvalue weighted by molar-refractivity contribution is 9.10. The molecule has 0 radical (unpaired) electrons. The zero-order valence-electron chi connectivity index (χ0n) is 23.7. The van der Waals surface area contributed by atoms with Gasteiger partial charge >= 0.3 is 12.3 Å². The normalized spacial score (nSPS) is 23.6. The number of benzene rings is 2. The van der Waals surface area contributed by atoms with Gasteiger partial charge in [0, 0.05) is 37.9 Å². The van der Waals surface area contributed by atoms with Crippen molar-refractivity contribution >= 4 is 27.9 Å². The molecule has 4 heterocycles. The van der Waals surface area contributed by atoms with Crippen LogP contribution in [0.2, 0.25) is 0 Å². The first-order valence-electron chi connectivity index (χ1n) is 14.5. The van der Waals surface area contributed by atoms with Gasteiger partial charge in [-0.15, -0.1) is 0 Å². The summed E-state index contributed by atoms with van der Waals surface area (Å²) in [6.07, 6.45) is -6.10. The van der Waals surface area contributed by atoms with E-state index in [0.29, 0.717) is 18.4 Å². The molecule has 0 aromatic heterocycles. The maximum absolute atomic E-state index is 14.9. The Labute approximate surface area is 260 Å². The molecule has 2 amide bonds. The number of carbonyl (C=O) groups excluding carboxylic acids is 2. The van der Waals surface area contributed by atoms with E-state index in [1.807, 2.05) is 30.3 Å². The Balaban J connectivity index is 1.27. The number of piperidine rings is 1. The first-order chi connectivity index (χ1) is 21.0. The third-order valence-corrected chi connectivity index (χ3v) is 9.29. The van der Waals surface area contributed by atoms with Crippen molar-refractivity contribution in [2.75, 3.05) is 32.8 Å². The minimum Gasteiger partial charge on any atom is -0.487 e. The molecule has 44 heavy (non-hydrogen) atoms. The average Bonchev–Trinajstić information content (AvgIpc) is 3.01. The van der Waals surface area contributed by atoms with E-state index in [1.54, 1.807) is 4.90 Å². The van der Waals surface area contributed by atoms with E-state index >= 15 is 0 Å². The van der Waals surface area contributed by atoms with Crippen LogP contribution in [0, 0.1) is 5.82 Å². The van der Waals surface area contributed by atoms with Crippen molar-refractivity contribution in [2.45, 2.75) is 62.6 Å². The van der Waals surface area contributed by atoms with Gasteiger partial charge in [-0.25, -0.2) is 9.18 Å². The predicted octanol–water partition coefficient (Wildman–Crippen LogP) is 6.44. The largest absolute Gasteiger partial charge is 0.487 e. The Morgan fingerprint density at radius 3 is 2.48 bits per heavy atom. The van der Waals surface area contributed by atoms with Gasteiger partial charge in [0.1, 0.15) is 23.8 Å². The van der Waals surface area contributed by atoms with Crippen LogP contribution in [0.4, 0.5) is 22.4 Å². The SMILES string of the molecule is O=C(OCc1ccccc1)N1CCC2(CC1)CC(N1CC(C(F)(F)F)OC(=C3CCOCC3)C1=O)c1cc(F)c(Br)cc1O2. The lowest BCUT2D eigenvalue weighted by Crippen LogP contribution is -2.57. The number of nitrogens with zero attached hydrogens (tertiary/aromatic N) is 2. The van der Waals surface area contributed by atoms with Crippen LogP contribution >= 0.6 is 15.9 Å². The summed E-state index contributed by atoms with van der Waals surface area (Å²) in [5, 5.41) is 0. The summed E-state index contributed by atoms with van der Waals surface area (Å²) in [7, 11) is 0. The highest BCUT2D eigenvalue weighted by atomic mass is 79.9. The molecule has 2 aromatic rings. The molecule has 0 N–H and O–H groups in total. The van der Waals surface area contributed by atoms with Crippen molar-refractivity contribution < 1.29 is 46.1 Å². The number of alkyl halides is 3. The molecule has 0 bridgehead atoms. The Morgan fingerprint density at radius 2 is 1.80 bits per heavy atom. The van der Waals surface area contributed by atoms with Crippen LogP contribution in [0.25, 0.3) is 0 Å². The number of fused-ring (bicyclic) bond motifs is 1. The molecule has 13 heteroatoms. The monoisotopic (exact) mass is 682 g/mol. The first-order valence-corrected chi connectivity index (χ1v) is 15.3. The number of carbonyl (C=O) groups is 2. The third kappa shape index (κ3) is 6.26. The molecule has 0 saturated carbocycles. The molecule has 0 aliphatic carbocycles. The summed E-state index contributed by atoms with van der Waals surface area (Å²) >= 11 is 3.18. The van der Waals surface area contributed by atoms with Gasteiger partial charge < -0.3 is 28.7 Å². The molecule has 4 aliphatic heterocycles. The van der Waals surface area contributed by atoms with Crippen molar-refractivity contribution in [3.63, 3.8) is 0 Å². The lowest BCUT2D eigenvalue weighted by atomic mass is 9.79. The molecule has 236 valence electrons. The van der Waals surface area contributed by atoms with Crippen LogP contribution in [0.15, 0.2) is 58.3 Å². The van der Waals surface area contributed by atoms with Gasteiger partial charge in [0.15, 0.2) is 5.76 Å². The smallest absolute Gasteiger partial charge is 0.427 e. The van der Waals surface area contributed by atoms with Crippen LogP contribution in [-0.4, -0.2) is 72.5 Å². The molecule has 2 aromatic carbocycles. The molecular formula is C31H31BrF4N2O6. The summed E-state index contributed by atoms with van der Waals surface area (Å²) in [4.78, 5) is 29.4. The average molecular weight is 683 g/mol. The number of hydrogen-bond donors (Lipinski definition) is 0. The summed E-state index contributed by atoms with van der Waals surface area (Å²) in [6.45, 7) is 0.477. The maximum Gasteiger partial charge on any atom is 0.427 e. The lowest BCUT2D eigenvalue weighted by Gasteiger charge is -2.50. The van der Waals surface area contributed by atoms with Gasteiger partial charge in [0.25, 0.3) is 5.91 Å². The van der Waals surface area contributed by atoms with Crippen molar-refractivity contribution in [1.82, 2.24) is 9.80 Å². The second-order valence-electron chi connectivity index (χ2n) is 11.5. The minimum atomic E-state index is -4.74. The number of hydrogen-bond acceptors (Lipinski definition) is 6. The number of morpholine rings is 1. The number of rotatable bonds is 3. The lowest BCUT2D eigenvalue weighted by molar-refractivity contribution is -0.226. The molecule has 8 nitrogen and oxygen atoms in total. The van der Waals surface area contributed by atoms with E-state index in [9.17, 15) is 27.2 Å². The van der Waals surface area contributed by atoms with Gasteiger partial charge in [0.2, 0.25) is 6.10 Å². The number of amides is 2. The van der Waals surface area contributed by atoms with Crippen LogP contribution in [-0.2, 0) is 25.6 Å². The summed E-state index contributed by atoms with van der Waals surface area (Å²) < 4.78 is 80.0. The van der Waals surface area contributed by atoms with Crippen LogP contribution < -0.4 is 4.74 Å². The standard InChI is InChI=1S/C31H31BrF4N2O6/c32-22-15-25-21(14-23(22)33)24(38-17-26(31(34,35)36)43-27(28(38)39)20-6-12-41-13-7-20)16-30(44-25)8-10-37(11-9-30)29(40)42-18-19-4-2-1-3-5-19/h1-5,14-15,24,26H,6-13,16-18H2. The zero-order valence-corrected chi connectivity index (χ0v) is 25.3. The second-order valence-corrected chi connectivity index (χ2v) is 12.3. The Morgan fingerprint density at radius 1 is 1.09 bits per heavy atom.